The Morgan fingerprint density at radius 3 is 2.12 bits per heavy atom. The van der Waals surface area contributed by atoms with Gasteiger partial charge in [-0.25, -0.2) is 0 Å². The predicted molar refractivity (Wildman–Crippen MR) is 75.3 cm³/mol. The highest BCUT2D eigenvalue weighted by molar-refractivity contribution is 7.80. The van der Waals surface area contributed by atoms with Crippen LogP contribution < -0.4 is 5.73 Å². The molecule has 0 spiro atoms. The van der Waals surface area contributed by atoms with E-state index in [9.17, 15) is 0 Å². The van der Waals surface area contributed by atoms with Crippen LogP contribution in [0.15, 0.2) is 17.0 Å². The lowest BCUT2D eigenvalue weighted by molar-refractivity contribution is 0.750. The Kier molecular flexibility index (Phi) is 5.75. The maximum absolute atomic E-state index is 6.07. The number of rotatable bonds is 6. The van der Waals surface area contributed by atoms with Gasteiger partial charge in [0.15, 0.2) is 0 Å². The van der Waals surface area contributed by atoms with E-state index in [0.29, 0.717) is 0 Å². The molecule has 0 bridgehead atoms. The molecule has 0 heterocycles. The van der Waals surface area contributed by atoms with Crippen LogP contribution in [0.4, 0.5) is 5.69 Å². The molecule has 1 nitrogen and oxygen atoms in total. The van der Waals surface area contributed by atoms with Crippen LogP contribution in [0, 0.1) is 0 Å². The zero-order valence-electron chi connectivity index (χ0n) is 10.4. The fraction of sp³-hybridized carbons (Fsp3) is 0.571. The summed E-state index contributed by atoms with van der Waals surface area (Å²) in [6, 6.07) is 4.02. The van der Waals surface area contributed by atoms with E-state index in [4.69, 9.17) is 5.73 Å². The van der Waals surface area contributed by atoms with Gasteiger partial charge in [-0.3, -0.25) is 0 Å². The molecular weight excluding hydrogens is 214 g/mol. The second-order valence-electron chi connectivity index (χ2n) is 4.34. The quantitative estimate of drug-likeness (QED) is 0.561. The van der Waals surface area contributed by atoms with Crippen molar-refractivity contribution in [1.82, 2.24) is 0 Å². The van der Waals surface area contributed by atoms with Crippen LogP contribution >= 0.6 is 12.6 Å². The standard InChI is InChI=1S/C14H23NS/c1-3-5-7-11-12(8-6-4-2)14(16)10-9-13(11)15/h9-10,16H,3-8,15H2,1-2H3. The number of hydrogen-bond acceptors (Lipinski definition) is 2. The van der Waals surface area contributed by atoms with Gasteiger partial charge in [0.25, 0.3) is 0 Å². The minimum Gasteiger partial charge on any atom is -0.398 e. The van der Waals surface area contributed by atoms with Gasteiger partial charge in [-0.05, 0) is 48.9 Å². The molecule has 0 aromatic heterocycles. The van der Waals surface area contributed by atoms with E-state index in [-0.39, 0.29) is 0 Å². The molecule has 90 valence electrons. The van der Waals surface area contributed by atoms with Gasteiger partial charge in [-0.2, -0.15) is 0 Å². The molecule has 16 heavy (non-hydrogen) atoms. The minimum absolute atomic E-state index is 0.942. The van der Waals surface area contributed by atoms with Crippen molar-refractivity contribution in [3.05, 3.63) is 23.3 Å². The summed E-state index contributed by atoms with van der Waals surface area (Å²) in [5.74, 6) is 0. The van der Waals surface area contributed by atoms with Gasteiger partial charge < -0.3 is 5.73 Å². The van der Waals surface area contributed by atoms with E-state index in [2.05, 4.69) is 26.5 Å². The molecule has 0 radical (unpaired) electrons. The van der Waals surface area contributed by atoms with Gasteiger partial charge in [-0.15, -0.1) is 12.6 Å². The summed E-state index contributed by atoms with van der Waals surface area (Å²) in [4.78, 5) is 1.11. The van der Waals surface area contributed by atoms with E-state index in [1.807, 2.05) is 12.1 Å². The number of nitrogen functional groups attached to an aromatic ring is 1. The maximum atomic E-state index is 6.07. The largest absolute Gasteiger partial charge is 0.398 e. The zero-order chi connectivity index (χ0) is 12.0. The van der Waals surface area contributed by atoms with Crippen LogP contribution in [0.5, 0.6) is 0 Å². The molecular formula is C14H23NS. The van der Waals surface area contributed by atoms with E-state index in [1.165, 1.54) is 36.8 Å². The Hall–Kier alpha value is -0.630. The molecule has 1 rings (SSSR count). The van der Waals surface area contributed by atoms with E-state index >= 15 is 0 Å². The van der Waals surface area contributed by atoms with Gasteiger partial charge in [0.2, 0.25) is 0 Å². The molecule has 0 amide bonds. The summed E-state index contributed by atoms with van der Waals surface area (Å²) in [7, 11) is 0. The molecule has 0 saturated carbocycles. The van der Waals surface area contributed by atoms with Crippen LogP contribution in [0.3, 0.4) is 0 Å². The number of nitrogens with two attached hydrogens (primary N) is 1. The van der Waals surface area contributed by atoms with Crippen molar-refractivity contribution < 1.29 is 0 Å². The first kappa shape index (κ1) is 13.4. The normalized spacial score (nSPS) is 10.7. The molecule has 0 atom stereocenters. The highest BCUT2D eigenvalue weighted by atomic mass is 32.1. The Morgan fingerprint density at radius 1 is 1.00 bits per heavy atom. The third-order valence-corrected chi connectivity index (χ3v) is 3.42. The lowest BCUT2D eigenvalue weighted by atomic mass is 9.96. The molecule has 1 aromatic rings. The second-order valence-corrected chi connectivity index (χ2v) is 4.82. The van der Waals surface area contributed by atoms with Crippen molar-refractivity contribution in [3.63, 3.8) is 0 Å². The van der Waals surface area contributed by atoms with Crippen LogP contribution in [0.1, 0.15) is 50.7 Å². The number of anilines is 1. The molecule has 0 fully saturated rings. The zero-order valence-corrected chi connectivity index (χ0v) is 11.3. The maximum Gasteiger partial charge on any atom is 0.0350 e. The van der Waals surface area contributed by atoms with Crippen LogP contribution in [-0.4, -0.2) is 0 Å². The first-order valence-electron chi connectivity index (χ1n) is 6.29. The van der Waals surface area contributed by atoms with Gasteiger partial charge >= 0.3 is 0 Å². The molecule has 2 N–H and O–H groups in total. The smallest absolute Gasteiger partial charge is 0.0350 e. The van der Waals surface area contributed by atoms with Crippen molar-refractivity contribution in [3.8, 4) is 0 Å². The number of benzene rings is 1. The molecule has 0 aliphatic heterocycles. The van der Waals surface area contributed by atoms with Crippen LogP contribution in [-0.2, 0) is 12.8 Å². The summed E-state index contributed by atoms with van der Waals surface area (Å²) < 4.78 is 0. The molecule has 2 heteroatoms. The minimum atomic E-state index is 0.942. The lowest BCUT2D eigenvalue weighted by Crippen LogP contribution is -2.02. The highest BCUT2D eigenvalue weighted by Crippen LogP contribution is 2.27. The van der Waals surface area contributed by atoms with E-state index in [0.717, 1.165) is 23.4 Å². The van der Waals surface area contributed by atoms with Gasteiger partial charge in [0.05, 0.1) is 0 Å². The Morgan fingerprint density at radius 2 is 1.56 bits per heavy atom. The Balaban J connectivity index is 2.94. The first-order chi connectivity index (χ1) is 7.70. The van der Waals surface area contributed by atoms with Crippen LogP contribution in [0.2, 0.25) is 0 Å². The SMILES string of the molecule is CCCCc1c(N)ccc(S)c1CCCC. The second kappa shape index (κ2) is 6.85. The molecule has 0 unspecified atom stereocenters. The predicted octanol–water partition coefficient (Wildman–Crippen LogP) is 4.24. The molecule has 0 aliphatic carbocycles. The average molecular weight is 237 g/mol. The van der Waals surface area contributed by atoms with Crippen molar-refractivity contribution in [2.75, 3.05) is 5.73 Å². The number of thiol groups is 1. The van der Waals surface area contributed by atoms with E-state index in [1.54, 1.807) is 0 Å². The van der Waals surface area contributed by atoms with Gasteiger partial charge in [0, 0.05) is 10.6 Å². The third-order valence-electron chi connectivity index (χ3n) is 3.00. The molecule has 1 aromatic carbocycles. The summed E-state index contributed by atoms with van der Waals surface area (Å²) in [6.07, 6.45) is 7.06. The highest BCUT2D eigenvalue weighted by Gasteiger charge is 2.09. The van der Waals surface area contributed by atoms with Crippen molar-refractivity contribution in [1.29, 1.82) is 0 Å². The van der Waals surface area contributed by atoms with Crippen molar-refractivity contribution in [2.24, 2.45) is 0 Å². The first-order valence-corrected chi connectivity index (χ1v) is 6.74. The summed E-state index contributed by atoms with van der Waals surface area (Å²) >= 11 is 4.55. The van der Waals surface area contributed by atoms with Crippen molar-refractivity contribution in [2.45, 2.75) is 57.3 Å². The number of hydrogen-bond donors (Lipinski definition) is 2. The Bertz CT molecular complexity index is 301. The van der Waals surface area contributed by atoms with Crippen LogP contribution in [0.25, 0.3) is 0 Å². The summed E-state index contributed by atoms with van der Waals surface area (Å²) in [5, 5.41) is 0. The van der Waals surface area contributed by atoms with Gasteiger partial charge in [0.1, 0.15) is 0 Å². The summed E-state index contributed by atoms with van der Waals surface area (Å²) in [6.45, 7) is 4.43. The topological polar surface area (TPSA) is 26.0 Å². The molecule has 0 saturated heterocycles. The van der Waals surface area contributed by atoms with Gasteiger partial charge in [-0.1, -0.05) is 26.7 Å². The fourth-order valence-electron chi connectivity index (χ4n) is 1.98. The van der Waals surface area contributed by atoms with Crippen molar-refractivity contribution >= 4 is 18.3 Å². The lowest BCUT2D eigenvalue weighted by Gasteiger charge is -2.14. The van der Waals surface area contributed by atoms with E-state index < -0.39 is 0 Å². The average Bonchev–Trinajstić information content (AvgIpc) is 2.29. The third kappa shape index (κ3) is 3.44. The number of unbranched alkanes of at least 4 members (excludes halogenated alkanes) is 2. The Labute approximate surface area is 105 Å². The fourth-order valence-corrected chi connectivity index (χ4v) is 2.30. The summed E-state index contributed by atoms with van der Waals surface area (Å²) in [5.41, 5.74) is 9.72. The monoisotopic (exact) mass is 237 g/mol. The molecule has 0 aliphatic rings.